The third kappa shape index (κ3) is 7.27. The number of rotatable bonds is 9. The number of carbonyl (C=O) groups is 2. The summed E-state index contributed by atoms with van der Waals surface area (Å²) < 4.78 is 11.3. The largest absolute Gasteiger partial charge is 0.455 e. The molecule has 2 saturated carbocycles. The van der Waals surface area contributed by atoms with E-state index in [0.717, 1.165) is 11.8 Å². The molecule has 38 heavy (non-hydrogen) atoms. The van der Waals surface area contributed by atoms with Crippen LogP contribution in [-0.2, 0) is 9.47 Å². The monoisotopic (exact) mass is 518 g/mol. The van der Waals surface area contributed by atoms with Gasteiger partial charge in [-0.3, -0.25) is 0 Å². The number of ether oxygens (including phenoxy) is 2. The van der Waals surface area contributed by atoms with Gasteiger partial charge < -0.3 is 9.47 Å². The van der Waals surface area contributed by atoms with Gasteiger partial charge in [-0.1, -0.05) is 51.0 Å². The van der Waals surface area contributed by atoms with Crippen molar-refractivity contribution in [2.24, 2.45) is 11.8 Å². The molecule has 0 aliphatic heterocycles. The highest BCUT2D eigenvalue weighted by molar-refractivity contribution is 5.90. The van der Waals surface area contributed by atoms with Gasteiger partial charge in [0.2, 0.25) is 0 Å². The molecule has 2 fully saturated rings. The van der Waals surface area contributed by atoms with E-state index in [-0.39, 0.29) is 11.9 Å². The lowest BCUT2D eigenvalue weighted by molar-refractivity contribution is -0.0239. The minimum atomic E-state index is -0.552. The summed E-state index contributed by atoms with van der Waals surface area (Å²) in [4.78, 5) is 25.5. The van der Waals surface area contributed by atoms with Gasteiger partial charge in [0.05, 0.1) is 11.1 Å². The molecule has 2 atom stereocenters. The topological polar surface area (TPSA) is 52.6 Å². The molecule has 0 N–H and O–H groups in total. The summed E-state index contributed by atoms with van der Waals surface area (Å²) in [6, 6.07) is 15.7. The van der Waals surface area contributed by atoms with Crippen LogP contribution in [0.1, 0.15) is 136 Å². The van der Waals surface area contributed by atoms with E-state index in [2.05, 4.69) is 38.1 Å². The van der Waals surface area contributed by atoms with Gasteiger partial charge in [-0.25, -0.2) is 9.59 Å². The Kier molecular flexibility index (Phi) is 10.0. The summed E-state index contributed by atoms with van der Waals surface area (Å²) in [5.41, 5.74) is 3.69. The first-order valence-corrected chi connectivity index (χ1v) is 15.0. The van der Waals surface area contributed by atoms with Crippen molar-refractivity contribution >= 4 is 11.9 Å². The van der Waals surface area contributed by atoms with Crippen LogP contribution < -0.4 is 0 Å². The SMILES string of the molecule is CC[C@H]1CC[C@H](c2ccc(C(=O)OC(C)C(C)OC(=O)c3ccc([C@H]4CC[C@H](CC)CC4)cc3)cc2)CC1. The summed E-state index contributed by atoms with van der Waals surface area (Å²) in [5.74, 6) is 2.14. The van der Waals surface area contributed by atoms with Gasteiger partial charge in [-0.15, -0.1) is 0 Å². The molecule has 0 amide bonds. The third-order valence-electron chi connectivity index (χ3n) is 9.33. The van der Waals surface area contributed by atoms with Crippen LogP contribution in [0.4, 0.5) is 0 Å². The normalized spacial score (nSPS) is 25.3. The molecule has 2 aromatic rings. The summed E-state index contributed by atoms with van der Waals surface area (Å²) in [5, 5.41) is 0. The second kappa shape index (κ2) is 13.4. The third-order valence-corrected chi connectivity index (χ3v) is 9.33. The highest BCUT2D eigenvalue weighted by Crippen LogP contribution is 2.38. The predicted octanol–water partition coefficient (Wildman–Crippen LogP) is 8.85. The zero-order chi connectivity index (χ0) is 27.1. The van der Waals surface area contributed by atoms with Crippen LogP contribution in [0.15, 0.2) is 48.5 Å². The highest BCUT2D eigenvalue weighted by atomic mass is 16.6. The Morgan fingerprint density at radius 1 is 0.605 bits per heavy atom. The molecular weight excluding hydrogens is 472 g/mol. The van der Waals surface area contributed by atoms with E-state index < -0.39 is 12.2 Å². The molecule has 2 unspecified atom stereocenters. The van der Waals surface area contributed by atoms with Crippen molar-refractivity contribution in [2.45, 2.75) is 116 Å². The minimum Gasteiger partial charge on any atom is -0.455 e. The lowest BCUT2D eigenvalue weighted by Gasteiger charge is -2.28. The quantitative estimate of drug-likeness (QED) is 0.311. The Bertz CT molecular complexity index is 940. The van der Waals surface area contributed by atoms with E-state index in [9.17, 15) is 9.59 Å². The molecular formula is C34H46O4. The Labute approximate surface area is 229 Å². The lowest BCUT2D eigenvalue weighted by atomic mass is 9.78. The Morgan fingerprint density at radius 3 is 1.21 bits per heavy atom. The van der Waals surface area contributed by atoms with Gasteiger partial charge in [0.1, 0.15) is 12.2 Å². The van der Waals surface area contributed by atoms with Gasteiger partial charge in [-0.05, 0) is 124 Å². The fraction of sp³-hybridized carbons (Fsp3) is 0.588. The predicted molar refractivity (Wildman–Crippen MR) is 153 cm³/mol. The molecule has 0 aromatic heterocycles. The average Bonchev–Trinajstić information content (AvgIpc) is 2.97. The molecule has 0 bridgehead atoms. The smallest absolute Gasteiger partial charge is 0.338 e. The van der Waals surface area contributed by atoms with Crippen molar-refractivity contribution in [1.82, 2.24) is 0 Å². The van der Waals surface area contributed by atoms with E-state index in [1.54, 1.807) is 13.8 Å². The van der Waals surface area contributed by atoms with E-state index in [4.69, 9.17) is 9.47 Å². The molecule has 2 aromatic carbocycles. The second-order valence-electron chi connectivity index (χ2n) is 11.7. The van der Waals surface area contributed by atoms with Crippen LogP contribution in [0.2, 0.25) is 0 Å². The Hall–Kier alpha value is -2.62. The maximum Gasteiger partial charge on any atom is 0.338 e. The maximum atomic E-state index is 12.7. The van der Waals surface area contributed by atoms with Gasteiger partial charge in [-0.2, -0.15) is 0 Å². The summed E-state index contributed by atoms with van der Waals surface area (Å²) in [7, 11) is 0. The van der Waals surface area contributed by atoms with E-state index in [1.807, 2.05) is 24.3 Å². The van der Waals surface area contributed by atoms with E-state index in [0.29, 0.717) is 23.0 Å². The highest BCUT2D eigenvalue weighted by Gasteiger charge is 2.25. The molecule has 2 aliphatic rings. The number of hydrogen-bond donors (Lipinski definition) is 0. The van der Waals surface area contributed by atoms with Crippen LogP contribution in [0.5, 0.6) is 0 Å². The first kappa shape index (κ1) is 28.4. The van der Waals surface area contributed by atoms with Crippen LogP contribution in [0.25, 0.3) is 0 Å². The molecule has 0 radical (unpaired) electrons. The van der Waals surface area contributed by atoms with Crippen molar-refractivity contribution < 1.29 is 19.1 Å². The first-order valence-electron chi connectivity index (χ1n) is 15.0. The molecule has 4 nitrogen and oxygen atoms in total. The van der Waals surface area contributed by atoms with Crippen molar-refractivity contribution in [1.29, 1.82) is 0 Å². The minimum absolute atomic E-state index is 0.385. The van der Waals surface area contributed by atoms with E-state index >= 15 is 0 Å². The van der Waals surface area contributed by atoms with Crippen LogP contribution in [-0.4, -0.2) is 24.1 Å². The van der Waals surface area contributed by atoms with Gasteiger partial charge in [0, 0.05) is 0 Å². The van der Waals surface area contributed by atoms with Crippen molar-refractivity contribution in [2.75, 3.05) is 0 Å². The molecule has 0 heterocycles. The molecule has 2 aliphatic carbocycles. The summed E-state index contributed by atoms with van der Waals surface area (Å²) in [6.45, 7) is 8.10. The van der Waals surface area contributed by atoms with Gasteiger partial charge >= 0.3 is 11.9 Å². The average molecular weight is 519 g/mol. The second-order valence-corrected chi connectivity index (χ2v) is 11.7. The van der Waals surface area contributed by atoms with Gasteiger partial charge in [0.15, 0.2) is 0 Å². The van der Waals surface area contributed by atoms with Crippen LogP contribution in [0, 0.1) is 11.8 Å². The maximum absolute atomic E-state index is 12.7. The fourth-order valence-electron chi connectivity index (χ4n) is 6.26. The molecule has 4 rings (SSSR count). The van der Waals surface area contributed by atoms with Crippen LogP contribution >= 0.6 is 0 Å². The lowest BCUT2D eigenvalue weighted by Crippen LogP contribution is -2.30. The Morgan fingerprint density at radius 2 is 0.921 bits per heavy atom. The Balaban J connectivity index is 1.25. The standard InChI is InChI=1S/C34H46O4/c1-5-25-7-11-27(12-8-25)29-15-19-31(20-16-29)33(35)37-23(3)24(4)38-34(36)32-21-17-30(18-22-32)28-13-9-26(6-2)10-14-28/h15-28H,5-14H2,1-4H3/t23?,24?,25-,26-,27-,28-. The summed E-state index contributed by atoms with van der Waals surface area (Å²) in [6.07, 6.45) is 11.5. The molecule has 206 valence electrons. The van der Waals surface area contributed by atoms with Crippen molar-refractivity contribution in [3.05, 3.63) is 70.8 Å². The number of hydrogen-bond acceptors (Lipinski definition) is 4. The molecule has 4 heteroatoms. The number of carbonyl (C=O) groups excluding carboxylic acids is 2. The van der Waals surface area contributed by atoms with E-state index in [1.165, 1.54) is 75.3 Å². The molecule has 0 spiro atoms. The molecule has 0 saturated heterocycles. The zero-order valence-electron chi connectivity index (χ0n) is 23.8. The van der Waals surface area contributed by atoms with Gasteiger partial charge in [0.25, 0.3) is 0 Å². The first-order chi connectivity index (χ1) is 18.4. The number of esters is 2. The zero-order valence-corrected chi connectivity index (χ0v) is 23.8. The fourth-order valence-corrected chi connectivity index (χ4v) is 6.26. The number of benzene rings is 2. The van der Waals surface area contributed by atoms with Crippen molar-refractivity contribution in [3.8, 4) is 0 Å². The van der Waals surface area contributed by atoms with Crippen LogP contribution in [0.3, 0.4) is 0 Å². The summed E-state index contributed by atoms with van der Waals surface area (Å²) >= 11 is 0. The van der Waals surface area contributed by atoms with Crippen molar-refractivity contribution in [3.63, 3.8) is 0 Å².